The van der Waals surface area contributed by atoms with Gasteiger partial charge in [0.2, 0.25) is 5.88 Å². The van der Waals surface area contributed by atoms with Gasteiger partial charge in [-0.25, -0.2) is 9.69 Å². The van der Waals surface area contributed by atoms with Crippen LogP contribution in [0.3, 0.4) is 0 Å². The van der Waals surface area contributed by atoms with Crippen LogP contribution < -0.4 is 4.90 Å². The molecule has 1 heterocycles. The fourth-order valence-corrected chi connectivity index (χ4v) is 2.04. The highest BCUT2D eigenvalue weighted by Gasteiger charge is 2.24. The highest BCUT2D eigenvalue weighted by molar-refractivity contribution is 5.86. The molecule has 0 spiro atoms. The third-order valence-corrected chi connectivity index (χ3v) is 3.20. The van der Waals surface area contributed by atoms with Gasteiger partial charge in [0.05, 0.1) is 12.8 Å². The summed E-state index contributed by atoms with van der Waals surface area (Å²) in [7, 11) is 0. The highest BCUT2D eigenvalue weighted by atomic mass is 16.6. The zero-order valence-corrected chi connectivity index (χ0v) is 14.1. The van der Waals surface area contributed by atoms with Crippen molar-refractivity contribution < 1.29 is 13.9 Å². The summed E-state index contributed by atoms with van der Waals surface area (Å²) < 4.78 is 10.8. The average molecular weight is 313 g/mol. The standard InChI is InChI=1S/C19H23NO3/c1-15(16-9-6-5-7-10-16)12-13-20(17-11-8-14-22-17)18(21)23-19(2,3)4/h5-12,14H,13H2,1-4H3/b15-12+. The summed E-state index contributed by atoms with van der Waals surface area (Å²) in [5.41, 5.74) is 1.65. The number of allylic oxidation sites excluding steroid dienone is 1. The summed E-state index contributed by atoms with van der Waals surface area (Å²) in [4.78, 5) is 13.9. The second kappa shape index (κ2) is 7.18. The van der Waals surface area contributed by atoms with Crippen LogP contribution in [0.1, 0.15) is 33.3 Å². The van der Waals surface area contributed by atoms with E-state index in [0.29, 0.717) is 12.4 Å². The number of benzene rings is 1. The van der Waals surface area contributed by atoms with Gasteiger partial charge in [-0.2, -0.15) is 0 Å². The van der Waals surface area contributed by atoms with E-state index in [0.717, 1.165) is 11.1 Å². The van der Waals surface area contributed by atoms with Gasteiger partial charge in [0.15, 0.2) is 0 Å². The fourth-order valence-electron chi connectivity index (χ4n) is 2.04. The van der Waals surface area contributed by atoms with Crippen LogP contribution in [0.4, 0.5) is 10.7 Å². The molecule has 0 saturated carbocycles. The Morgan fingerprint density at radius 3 is 2.43 bits per heavy atom. The number of hydrogen-bond donors (Lipinski definition) is 0. The van der Waals surface area contributed by atoms with Crippen LogP contribution in [0.15, 0.2) is 59.2 Å². The third kappa shape index (κ3) is 5.02. The van der Waals surface area contributed by atoms with Gasteiger partial charge in [0.1, 0.15) is 5.60 Å². The largest absolute Gasteiger partial charge is 0.448 e. The Balaban J connectivity index is 2.17. The number of hydrogen-bond acceptors (Lipinski definition) is 3. The Morgan fingerprint density at radius 1 is 1.17 bits per heavy atom. The molecule has 4 nitrogen and oxygen atoms in total. The van der Waals surface area contributed by atoms with Crippen molar-refractivity contribution in [2.24, 2.45) is 0 Å². The molecular weight excluding hydrogens is 290 g/mol. The first-order chi connectivity index (χ1) is 10.9. The first-order valence-electron chi connectivity index (χ1n) is 7.63. The maximum Gasteiger partial charge on any atom is 0.417 e. The molecule has 23 heavy (non-hydrogen) atoms. The number of carbonyl (C=O) groups excluding carboxylic acids is 1. The Morgan fingerprint density at radius 2 is 1.87 bits per heavy atom. The Kier molecular flexibility index (Phi) is 5.27. The molecule has 0 bridgehead atoms. The minimum atomic E-state index is -0.555. The van der Waals surface area contributed by atoms with E-state index in [9.17, 15) is 4.79 Å². The lowest BCUT2D eigenvalue weighted by Crippen LogP contribution is -2.36. The highest BCUT2D eigenvalue weighted by Crippen LogP contribution is 2.20. The van der Waals surface area contributed by atoms with Crippen molar-refractivity contribution >= 4 is 17.6 Å². The van der Waals surface area contributed by atoms with E-state index in [1.54, 1.807) is 18.4 Å². The average Bonchev–Trinajstić information content (AvgIpc) is 3.00. The first-order valence-corrected chi connectivity index (χ1v) is 7.63. The summed E-state index contributed by atoms with van der Waals surface area (Å²) in [6.45, 7) is 7.93. The van der Waals surface area contributed by atoms with Gasteiger partial charge in [-0.1, -0.05) is 36.4 Å². The Labute approximate surface area is 137 Å². The summed E-state index contributed by atoms with van der Waals surface area (Å²) in [5.74, 6) is 0.469. The molecule has 2 aromatic rings. The van der Waals surface area contributed by atoms with Crippen molar-refractivity contribution in [3.63, 3.8) is 0 Å². The van der Waals surface area contributed by atoms with Crippen LogP contribution in [0.5, 0.6) is 0 Å². The van der Waals surface area contributed by atoms with Crippen LogP contribution in [-0.4, -0.2) is 18.2 Å². The van der Waals surface area contributed by atoms with E-state index >= 15 is 0 Å². The van der Waals surface area contributed by atoms with Crippen LogP contribution in [0.25, 0.3) is 5.57 Å². The second-order valence-electron chi connectivity index (χ2n) is 6.30. The molecular formula is C19H23NO3. The minimum Gasteiger partial charge on any atom is -0.448 e. The summed E-state index contributed by atoms with van der Waals surface area (Å²) >= 11 is 0. The van der Waals surface area contributed by atoms with Gasteiger partial charge in [0.25, 0.3) is 0 Å². The van der Waals surface area contributed by atoms with Gasteiger partial charge in [-0.15, -0.1) is 0 Å². The third-order valence-electron chi connectivity index (χ3n) is 3.20. The maximum absolute atomic E-state index is 12.4. The van der Waals surface area contributed by atoms with Gasteiger partial charge < -0.3 is 9.15 Å². The number of ether oxygens (including phenoxy) is 1. The smallest absolute Gasteiger partial charge is 0.417 e. The van der Waals surface area contributed by atoms with Crippen LogP contribution >= 0.6 is 0 Å². The normalized spacial score (nSPS) is 12.1. The lowest BCUT2D eigenvalue weighted by Gasteiger charge is -2.25. The zero-order chi connectivity index (χ0) is 16.9. The Hall–Kier alpha value is -2.49. The maximum atomic E-state index is 12.4. The SMILES string of the molecule is C/C(=C\CN(C(=O)OC(C)(C)C)c1ccco1)c1ccccc1. The van der Waals surface area contributed by atoms with Crippen LogP contribution in [-0.2, 0) is 4.74 Å². The topological polar surface area (TPSA) is 42.7 Å². The minimum absolute atomic E-state index is 0.378. The van der Waals surface area contributed by atoms with Gasteiger partial charge in [0, 0.05) is 6.07 Å². The molecule has 2 rings (SSSR count). The van der Waals surface area contributed by atoms with E-state index in [1.807, 2.05) is 64.1 Å². The molecule has 0 aliphatic rings. The molecule has 0 fully saturated rings. The first kappa shape index (κ1) is 16.9. The number of carbonyl (C=O) groups is 1. The quantitative estimate of drug-likeness (QED) is 0.786. The fraction of sp³-hybridized carbons (Fsp3) is 0.316. The molecule has 0 N–H and O–H groups in total. The van der Waals surface area contributed by atoms with E-state index in [-0.39, 0.29) is 0 Å². The van der Waals surface area contributed by atoms with Gasteiger partial charge in [-0.05, 0) is 44.9 Å². The van der Waals surface area contributed by atoms with Crippen molar-refractivity contribution in [2.45, 2.75) is 33.3 Å². The van der Waals surface area contributed by atoms with E-state index in [2.05, 4.69) is 0 Å². The van der Waals surface area contributed by atoms with Crippen LogP contribution in [0, 0.1) is 0 Å². The van der Waals surface area contributed by atoms with Crippen molar-refractivity contribution in [2.75, 3.05) is 11.4 Å². The van der Waals surface area contributed by atoms with Crippen LogP contribution in [0.2, 0.25) is 0 Å². The summed E-state index contributed by atoms with van der Waals surface area (Å²) in [5, 5.41) is 0. The summed E-state index contributed by atoms with van der Waals surface area (Å²) in [6.07, 6.45) is 3.10. The van der Waals surface area contributed by atoms with Gasteiger partial charge in [-0.3, -0.25) is 0 Å². The molecule has 0 unspecified atom stereocenters. The zero-order valence-electron chi connectivity index (χ0n) is 14.1. The molecule has 1 amide bonds. The molecule has 0 aliphatic carbocycles. The molecule has 1 aromatic heterocycles. The molecule has 1 aromatic carbocycles. The number of furan rings is 1. The number of amides is 1. The number of nitrogens with zero attached hydrogens (tertiary/aromatic N) is 1. The monoisotopic (exact) mass is 313 g/mol. The molecule has 0 radical (unpaired) electrons. The van der Waals surface area contributed by atoms with Crippen molar-refractivity contribution in [3.8, 4) is 0 Å². The molecule has 0 aliphatic heterocycles. The molecule has 0 saturated heterocycles. The lowest BCUT2D eigenvalue weighted by molar-refractivity contribution is 0.0578. The molecule has 4 heteroatoms. The number of anilines is 1. The molecule has 0 atom stereocenters. The predicted molar refractivity (Wildman–Crippen MR) is 92.4 cm³/mol. The number of rotatable bonds is 4. The van der Waals surface area contributed by atoms with Crippen molar-refractivity contribution in [1.82, 2.24) is 0 Å². The van der Waals surface area contributed by atoms with E-state index < -0.39 is 11.7 Å². The second-order valence-corrected chi connectivity index (χ2v) is 6.30. The van der Waals surface area contributed by atoms with Crippen molar-refractivity contribution in [1.29, 1.82) is 0 Å². The van der Waals surface area contributed by atoms with Gasteiger partial charge >= 0.3 is 6.09 Å². The molecule has 122 valence electrons. The van der Waals surface area contributed by atoms with E-state index in [4.69, 9.17) is 9.15 Å². The predicted octanol–water partition coefficient (Wildman–Crippen LogP) is 5.12. The summed E-state index contributed by atoms with van der Waals surface area (Å²) in [6, 6.07) is 13.5. The lowest BCUT2D eigenvalue weighted by atomic mass is 10.1. The van der Waals surface area contributed by atoms with E-state index in [1.165, 1.54) is 4.90 Å². The Bertz CT molecular complexity index is 652. The van der Waals surface area contributed by atoms with Crippen molar-refractivity contribution in [3.05, 3.63) is 60.4 Å².